The van der Waals surface area contributed by atoms with Crippen LogP contribution in [0.4, 0.5) is 0 Å². The number of hydrogen-bond donors (Lipinski definition) is 3. The molecule has 4 N–H and O–H groups in total. The van der Waals surface area contributed by atoms with Gasteiger partial charge in [-0.3, -0.25) is 4.79 Å². The Hall–Kier alpha value is -1.76. The third kappa shape index (κ3) is 3.66. The third-order valence-electron chi connectivity index (χ3n) is 3.68. The van der Waals surface area contributed by atoms with Crippen molar-refractivity contribution in [1.29, 1.82) is 0 Å². The van der Waals surface area contributed by atoms with Gasteiger partial charge in [-0.15, -0.1) is 0 Å². The number of phenols is 1. The van der Waals surface area contributed by atoms with E-state index in [-0.39, 0.29) is 35.6 Å². The van der Waals surface area contributed by atoms with E-state index in [9.17, 15) is 9.90 Å². The number of nitrogens with two attached hydrogens (primary N) is 1. The summed E-state index contributed by atoms with van der Waals surface area (Å²) < 4.78 is 0.695. The van der Waals surface area contributed by atoms with Crippen molar-refractivity contribution in [3.05, 3.63) is 28.2 Å². The Morgan fingerprint density at radius 2 is 2.10 bits per heavy atom. The minimum atomic E-state index is -0.307. The number of amidine groups is 1. The van der Waals surface area contributed by atoms with Crippen molar-refractivity contribution >= 4 is 27.7 Å². The highest BCUT2D eigenvalue weighted by atomic mass is 79.9. The maximum absolute atomic E-state index is 12.7. The minimum Gasteiger partial charge on any atom is -0.507 e. The number of amides is 1. The average molecular weight is 356 g/mol. The summed E-state index contributed by atoms with van der Waals surface area (Å²) in [4.78, 5) is 14.2. The molecule has 7 heteroatoms. The molecule has 1 aromatic carbocycles. The molecule has 2 rings (SSSR count). The number of phenolic OH excluding ortho intramolecular Hbond substituents is 1. The third-order valence-corrected chi connectivity index (χ3v) is 4.17. The van der Waals surface area contributed by atoms with E-state index in [4.69, 9.17) is 10.9 Å². The second kappa shape index (κ2) is 6.80. The number of rotatable bonds is 4. The van der Waals surface area contributed by atoms with Gasteiger partial charge in [-0.1, -0.05) is 33.9 Å². The maximum Gasteiger partial charge on any atom is 0.258 e. The summed E-state index contributed by atoms with van der Waals surface area (Å²) in [7, 11) is 0. The van der Waals surface area contributed by atoms with Crippen LogP contribution in [0.2, 0.25) is 0 Å². The van der Waals surface area contributed by atoms with Gasteiger partial charge in [0.05, 0.1) is 12.1 Å². The van der Waals surface area contributed by atoms with Gasteiger partial charge in [-0.2, -0.15) is 0 Å². The van der Waals surface area contributed by atoms with Crippen LogP contribution in [0.3, 0.4) is 0 Å². The van der Waals surface area contributed by atoms with Crippen molar-refractivity contribution in [2.45, 2.75) is 31.7 Å². The molecule has 1 aliphatic carbocycles. The molecule has 1 aliphatic rings. The fourth-order valence-corrected chi connectivity index (χ4v) is 2.98. The van der Waals surface area contributed by atoms with Gasteiger partial charge < -0.3 is 20.9 Å². The van der Waals surface area contributed by atoms with Crippen molar-refractivity contribution < 1.29 is 15.1 Å². The number of benzene rings is 1. The molecular formula is C14H18BrN3O3. The average Bonchev–Trinajstić information content (AvgIpc) is 2.97. The SMILES string of the molecule is NC(CN(C(=O)c1ccc(Br)cc1O)C1CCCC1)=NO. The molecule has 1 saturated carbocycles. The molecule has 0 spiro atoms. The Morgan fingerprint density at radius 3 is 2.67 bits per heavy atom. The van der Waals surface area contributed by atoms with E-state index in [2.05, 4.69) is 21.1 Å². The molecule has 1 amide bonds. The Bertz CT molecular complexity index is 556. The number of hydrogen-bond acceptors (Lipinski definition) is 4. The van der Waals surface area contributed by atoms with Gasteiger partial charge in [0.1, 0.15) is 5.75 Å². The fourth-order valence-electron chi connectivity index (χ4n) is 2.63. The van der Waals surface area contributed by atoms with E-state index in [0.29, 0.717) is 4.47 Å². The van der Waals surface area contributed by atoms with Crippen LogP contribution < -0.4 is 5.73 Å². The Balaban J connectivity index is 2.28. The molecule has 0 aliphatic heterocycles. The van der Waals surface area contributed by atoms with E-state index < -0.39 is 0 Å². The smallest absolute Gasteiger partial charge is 0.258 e. The lowest BCUT2D eigenvalue weighted by atomic mass is 10.1. The lowest BCUT2D eigenvalue weighted by Crippen LogP contribution is -2.44. The molecule has 21 heavy (non-hydrogen) atoms. The van der Waals surface area contributed by atoms with E-state index in [1.807, 2.05) is 0 Å². The topological polar surface area (TPSA) is 99.2 Å². The summed E-state index contributed by atoms with van der Waals surface area (Å²) in [6, 6.07) is 4.80. The standard InChI is InChI=1S/C14H18BrN3O3/c15-9-5-6-11(12(19)7-9)14(20)18(8-13(16)17-21)10-3-1-2-4-10/h5-7,10,19,21H,1-4,8H2,(H2,16,17). The van der Waals surface area contributed by atoms with Gasteiger partial charge >= 0.3 is 0 Å². The Kier molecular flexibility index (Phi) is 5.06. The molecule has 0 atom stereocenters. The first-order chi connectivity index (χ1) is 10.0. The molecule has 0 bridgehead atoms. The molecular weight excluding hydrogens is 338 g/mol. The Morgan fingerprint density at radius 1 is 1.43 bits per heavy atom. The summed E-state index contributed by atoms with van der Waals surface area (Å²) in [6.07, 6.45) is 3.89. The van der Waals surface area contributed by atoms with Crippen LogP contribution in [-0.2, 0) is 0 Å². The van der Waals surface area contributed by atoms with E-state index in [1.54, 1.807) is 17.0 Å². The minimum absolute atomic E-state index is 0.0214. The summed E-state index contributed by atoms with van der Waals surface area (Å²) in [5, 5.41) is 21.6. The highest BCUT2D eigenvalue weighted by Crippen LogP contribution is 2.28. The first-order valence-electron chi connectivity index (χ1n) is 6.79. The predicted molar refractivity (Wildman–Crippen MR) is 82.5 cm³/mol. The number of nitrogens with zero attached hydrogens (tertiary/aromatic N) is 2. The van der Waals surface area contributed by atoms with Crippen molar-refractivity contribution in [1.82, 2.24) is 4.90 Å². The number of carbonyl (C=O) groups excluding carboxylic acids is 1. The van der Waals surface area contributed by atoms with Gasteiger partial charge in [0.25, 0.3) is 5.91 Å². The molecule has 0 radical (unpaired) electrons. The van der Waals surface area contributed by atoms with Crippen LogP contribution in [0.25, 0.3) is 0 Å². The second-order valence-corrected chi connectivity index (χ2v) is 6.04. The quantitative estimate of drug-likeness (QED) is 0.334. The monoisotopic (exact) mass is 355 g/mol. The van der Waals surface area contributed by atoms with Gasteiger partial charge in [-0.05, 0) is 31.0 Å². The summed E-state index contributed by atoms with van der Waals surface area (Å²) in [5.41, 5.74) is 5.77. The first-order valence-corrected chi connectivity index (χ1v) is 7.58. The number of oxime groups is 1. The number of aromatic hydroxyl groups is 1. The van der Waals surface area contributed by atoms with E-state index in [0.717, 1.165) is 25.7 Å². The maximum atomic E-state index is 12.7. The zero-order valence-electron chi connectivity index (χ0n) is 11.5. The largest absolute Gasteiger partial charge is 0.507 e. The van der Waals surface area contributed by atoms with Crippen LogP contribution in [0, 0.1) is 0 Å². The normalized spacial score (nSPS) is 16.1. The molecule has 1 aromatic rings. The highest BCUT2D eigenvalue weighted by molar-refractivity contribution is 9.10. The molecule has 0 unspecified atom stereocenters. The molecule has 114 valence electrons. The van der Waals surface area contributed by atoms with Crippen molar-refractivity contribution in [3.63, 3.8) is 0 Å². The number of halogens is 1. The van der Waals surface area contributed by atoms with Crippen molar-refractivity contribution in [2.24, 2.45) is 10.9 Å². The molecule has 1 fully saturated rings. The highest BCUT2D eigenvalue weighted by Gasteiger charge is 2.29. The fraction of sp³-hybridized carbons (Fsp3) is 0.429. The van der Waals surface area contributed by atoms with Crippen molar-refractivity contribution in [2.75, 3.05) is 6.54 Å². The van der Waals surface area contributed by atoms with Gasteiger partial charge in [0.15, 0.2) is 5.84 Å². The molecule has 6 nitrogen and oxygen atoms in total. The van der Waals surface area contributed by atoms with Crippen LogP contribution in [0.1, 0.15) is 36.0 Å². The van der Waals surface area contributed by atoms with Crippen LogP contribution in [-0.4, -0.2) is 39.5 Å². The van der Waals surface area contributed by atoms with E-state index >= 15 is 0 Å². The van der Waals surface area contributed by atoms with Crippen LogP contribution in [0.15, 0.2) is 27.8 Å². The summed E-state index contributed by atoms with van der Waals surface area (Å²) in [5.74, 6) is -0.415. The van der Waals surface area contributed by atoms with Crippen molar-refractivity contribution in [3.8, 4) is 5.75 Å². The zero-order valence-corrected chi connectivity index (χ0v) is 13.1. The molecule has 0 aromatic heterocycles. The Labute approximate surface area is 131 Å². The first kappa shape index (κ1) is 15.6. The van der Waals surface area contributed by atoms with Crippen LogP contribution >= 0.6 is 15.9 Å². The van der Waals surface area contributed by atoms with Crippen LogP contribution in [0.5, 0.6) is 5.75 Å². The van der Waals surface area contributed by atoms with Gasteiger partial charge in [-0.25, -0.2) is 0 Å². The molecule has 0 heterocycles. The zero-order chi connectivity index (χ0) is 15.4. The lowest BCUT2D eigenvalue weighted by Gasteiger charge is -2.28. The van der Waals surface area contributed by atoms with Gasteiger partial charge in [0, 0.05) is 10.5 Å². The lowest BCUT2D eigenvalue weighted by molar-refractivity contribution is 0.0709. The summed E-state index contributed by atoms with van der Waals surface area (Å²) >= 11 is 3.24. The second-order valence-electron chi connectivity index (χ2n) is 5.12. The summed E-state index contributed by atoms with van der Waals surface area (Å²) in [6.45, 7) is 0.0511. The predicted octanol–water partition coefficient (Wildman–Crippen LogP) is 2.29. The van der Waals surface area contributed by atoms with E-state index in [1.165, 1.54) is 6.07 Å². The van der Waals surface area contributed by atoms with Gasteiger partial charge in [0.2, 0.25) is 0 Å². The molecule has 0 saturated heterocycles. The number of carbonyl (C=O) groups is 1.